The van der Waals surface area contributed by atoms with Crippen LogP contribution in [0.15, 0.2) is 23.5 Å². The molecule has 94 valence electrons. The van der Waals surface area contributed by atoms with E-state index in [9.17, 15) is 4.79 Å². The summed E-state index contributed by atoms with van der Waals surface area (Å²) in [5.41, 5.74) is 13.2. The molecule has 0 spiro atoms. The van der Waals surface area contributed by atoms with Crippen LogP contribution in [0.4, 0.5) is 0 Å². The van der Waals surface area contributed by atoms with Crippen molar-refractivity contribution in [1.82, 2.24) is 4.90 Å². The molecule has 4 nitrogen and oxygen atoms in total. The smallest absolute Gasteiger partial charge is 0.243 e. The van der Waals surface area contributed by atoms with Crippen molar-refractivity contribution < 1.29 is 4.79 Å². The second kappa shape index (κ2) is 5.25. The number of likely N-dealkylation sites (tertiary alicyclic amines) is 1. The first-order valence-corrected chi connectivity index (χ1v) is 6.35. The number of allylic oxidation sites excluding steroid dienone is 2. The van der Waals surface area contributed by atoms with Crippen LogP contribution in [0.2, 0.25) is 0 Å². The Hall–Kier alpha value is -1.45. The Bertz CT molecular complexity index is 346. The average molecular weight is 235 g/mol. The van der Waals surface area contributed by atoms with E-state index < -0.39 is 5.91 Å². The molecule has 0 aromatic rings. The van der Waals surface area contributed by atoms with Gasteiger partial charge in [-0.25, -0.2) is 0 Å². The fourth-order valence-corrected chi connectivity index (χ4v) is 2.41. The fourth-order valence-electron chi connectivity index (χ4n) is 2.41. The highest BCUT2D eigenvalue weighted by molar-refractivity contribution is 5.86. The first-order chi connectivity index (χ1) is 8.15. The lowest BCUT2D eigenvalue weighted by atomic mass is 9.91. The Balaban J connectivity index is 1.83. The van der Waals surface area contributed by atoms with Gasteiger partial charge < -0.3 is 16.4 Å². The van der Waals surface area contributed by atoms with E-state index in [1.165, 1.54) is 25.3 Å². The van der Waals surface area contributed by atoms with Crippen LogP contribution in [0.3, 0.4) is 0 Å². The van der Waals surface area contributed by atoms with Crippen LogP contribution in [-0.2, 0) is 4.79 Å². The van der Waals surface area contributed by atoms with Gasteiger partial charge in [-0.1, -0.05) is 5.57 Å². The van der Waals surface area contributed by atoms with Gasteiger partial charge in [0.25, 0.3) is 0 Å². The van der Waals surface area contributed by atoms with Gasteiger partial charge in [0, 0.05) is 30.8 Å². The molecular weight excluding hydrogens is 214 g/mol. The van der Waals surface area contributed by atoms with E-state index in [0.29, 0.717) is 11.6 Å². The summed E-state index contributed by atoms with van der Waals surface area (Å²) in [7, 11) is 0. The van der Waals surface area contributed by atoms with Crippen LogP contribution in [0.1, 0.15) is 32.1 Å². The maximum atomic E-state index is 10.8. The van der Waals surface area contributed by atoms with Gasteiger partial charge in [0.05, 0.1) is 0 Å². The molecule has 0 aromatic heterocycles. The van der Waals surface area contributed by atoms with Crippen molar-refractivity contribution in [3.05, 3.63) is 23.5 Å². The molecule has 1 amide bonds. The summed E-state index contributed by atoms with van der Waals surface area (Å²) >= 11 is 0. The summed E-state index contributed by atoms with van der Waals surface area (Å²) in [4.78, 5) is 13.1. The molecule has 1 heterocycles. The second-order valence-electron chi connectivity index (χ2n) is 5.00. The first kappa shape index (κ1) is 12.0. The van der Waals surface area contributed by atoms with Crippen molar-refractivity contribution in [2.45, 2.75) is 32.1 Å². The summed E-state index contributed by atoms with van der Waals surface area (Å²) in [6.07, 6.45) is 9.58. The Morgan fingerprint density at radius 3 is 2.35 bits per heavy atom. The minimum atomic E-state index is -0.443. The van der Waals surface area contributed by atoms with Gasteiger partial charge >= 0.3 is 0 Å². The number of rotatable bonds is 3. The zero-order valence-electron chi connectivity index (χ0n) is 10.2. The standard InChI is InChI=1S/C13H21N3O/c14-12(8-13(15)17)11-4-6-16(7-5-11)9-10-2-1-3-10/h8-9,11H,1-7,14H2,(H2,15,17)/b12-8-. The van der Waals surface area contributed by atoms with Gasteiger partial charge in [-0.2, -0.15) is 0 Å². The molecule has 2 fully saturated rings. The quantitative estimate of drug-likeness (QED) is 0.719. The third-order valence-electron chi connectivity index (χ3n) is 3.67. The molecular formula is C13H21N3O. The number of primary amides is 1. The number of carbonyl (C=O) groups excluding carboxylic acids is 1. The third kappa shape index (κ3) is 3.25. The van der Waals surface area contributed by atoms with E-state index in [1.54, 1.807) is 5.57 Å². The summed E-state index contributed by atoms with van der Waals surface area (Å²) in [6.45, 7) is 2.06. The summed E-state index contributed by atoms with van der Waals surface area (Å²) in [6, 6.07) is 0. The van der Waals surface area contributed by atoms with Gasteiger partial charge in [-0.3, -0.25) is 4.79 Å². The summed E-state index contributed by atoms with van der Waals surface area (Å²) in [5.74, 6) is -0.125. The van der Waals surface area contributed by atoms with Gasteiger partial charge in [0.1, 0.15) is 0 Å². The highest BCUT2D eigenvalue weighted by Crippen LogP contribution is 2.28. The molecule has 2 aliphatic rings. The fraction of sp³-hybridized carbons (Fsp3) is 0.615. The highest BCUT2D eigenvalue weighted by atomic mass is 16.1. The number of hydrogen-bond donors (Lipinski definition) is 2. The van der Waals surface area contributed by atoms with E-state index in [4.69, 9.17) is 11.5 Å². The van der Waals surface area contributed by atoms with Gasteiger partial charge in [0.2, 0.25) is 5.91 Å². The minimum Gasteiger partial charge on any atom is -0.402 e. The largest absolute Gasteiger partial charge is 0.402 e. The molecule has 0 radical (unpaired) electrons. The van der Waals surface area contributed by atoms with Crippen LogP contribution >= 0.6 is 0 Å². The lowest BCUT2D eigenvalue weighted by molar-refractivity contribution is -0.113. The number of carbonyl (C=O) groups is 1. The third-order valence-corrected chi connectivity index (χ3v) is 3.67. The van der Waals surface area contributed by atoms with Crippen molar-refractivity contribution in [2.24, 2.45) is 17.4 Å². The molecule has 4 heteroatoms. The highest BCUT2D eigenvalue weighted by Gasteiger charge is 2.20. The van der Waals surface area contributed by atoms with E-state index >= 15 is 0 Å². The topological polar surface area (TPSA) is 72.3 Å². The van der Waals surface area contributed by atoms with Gasteiger partial charge in [-0.05, 0) is 38.3 Å². The predicted octanol–water partition coefficient (Wildman–Crippen LogP) is 1.09. The van der Waals surface area contributed by atoms with E-state index in [1.807, 2.05) is 0 Å². The SMILES string of the molecule is NC(=O)/C=C(\N)C1CCN(C=C2CCC2)CC1. The molecule has 17 heavy (non-hydrogen) atoms. The van der Waals surface area contributed by atoms with Crippen molar-refractivity contribution in [3.8, 4) is 0 Å². The van der Waals surface area contributed by atoms with E-state index in [2.05, 4.69) is 11.1 Å². The molecule has 1 saturated heterocycles. The lowest BCUT2D eigenvalue weighted by Gasteiger charge is -2.33. The minimum absolute atomic E-state index is 0.318. The zero-order chi connectivity index (χ0) is 12.3. The Labute approximate surface area is 102 Å². The molecule has 0 unspecified atom stereocenters. The van der Waals surface area contributed by atoms with E-state index in [-0.39, 0.29) is 0 Å². The predicted molar refractivity (Wildman–Crippen MR) is 67.7 cm³/mol. The number of piperidine rings is 1. The Morgan fingerprint density at radius 1 is 1.24 bits per heavy atom. The van der Waals surface area contributed by atoms with Crippen LogP contribution in [0.25, 0.3) is 0 Å². The molecule has 0 bridgehead atoms. The molecule has 0 atom stereocenters. The van der Waals surface area contributed by atoms with Gasteiger partial charge in [0.15, 0.2) is 0 Å². The van der Waals surface area contributed by atoms with Crippen molar-refractivity contribution >= 4 is 5.91 Å². The van der Waals surface area contributed by atoms with Crippen LogP contribution in [0.5, 0.6) is 0 Å². The van der Waals surface area contributed by atoms with Crippen LogP contribution < -0.4 is 11.5 Å². The number of nitrogens with two attached hydrogens (primary N) is 2. The monoisotopic (exact) mass is 235 g/mol. The lowest BCUT2D eigenvalue weighted by Crippen LogP contribution is -2.33. The molecule has 0 aromatic carbocycles. The van der Waals surface area contributed by atoms with Gasteiger partial charge in [-0.15, -0.1) is 0 Å². The van der Waals surface area contributed by atoms with Crippen LogP contribution in [0, 0.1) is 5.92 Å². The van der Waals surface area contributed by atoms with Crippen molar-refractivity contribution in [1.29, 1.82) is 0 Å². The average Bonchev–Trinajstić information content (AvgIpc) is 2.23. The zero-order valence-corrected chi connectivity index (χ0v) is 10.2. The molecule has 1 saturated carbocycles. The molecule has 1 aliphatic heterocycles. The maximum Gasteiger partial charge on any atom is 0.243 e. The number of amides is 1. The Kier molecular flexibility index (Phi) is 3.71. The van der Waals surface area contributed by atoms with E-state index in [0.717, 1.165) is 25.9 Å². The van der Waals surface area contributed by atoms with Crippen molar-refractivity contribution in [2.75, 3.05) is 13.1 Å². The van der Waals surface area contributed by atoms with Crippen LogP contribution in [-0.4, -0.2) is 23.9 Å². The Morgan fingerprint density at radius 2 is 1.88 bits per heavy atom. The number of hydrogen-bond acceptors (Lipinski definition) is 3. The maximum absolute atomic E-state index is 10.8. The number of nitrogens with zero attached hydrogens (tertiary/aromatic N) is 1. The summed E-state index contributed by atoms with van der Waals surface area (Å²) < 4.78 is 0. The molecule has 4 N–H and O–H groups in total. The first-order valence-electron chi connectivity index (χ1n) is 6.35. The summed E-state index contributed by atoms with van der Waals surface area (Å²) in [5, 5.41) is 0. The second-order valence-corrected chi connectivity index (χ2v) is 5.00. The molecule has 1 aliphatic carbocycles. The molecule has 2 rings (SSSR count). The van der Waals surface area contributed by atoms with Crippen molar-refractivity contribution in [3.63, 3.8) is 0 Å². The normalized spacial score (nSPS) is 22.2.